The van der Waals surface area contributed by atoms with Crippen LogP contribution in [-0.2, 0) is 4.74 Å². The number of hydrogen-bond acceptors (Lipinski definition) is 6. The first kappa shape index (κ1) is 19.4. The highest BCUT2D eigenvalue weighted by atomic mass is 16.5. The first-order chi connectivity index (χ1) is 14.2. The van der Waals surface area contributed by atoms with Crippen LogP contribution in [0, 0.1) is 0 Å². The number of hydrogen-bond donors (Lipinski definition) is 1. The van der Waals surface area contributed by atoms with Gasteiger partial charge in [-0.1, -0.05) is 0 Å². The third-order valence-electron chi connectivity index (χ3n) is 5.29. The van der Waals surface area contributed by atoms with Crippen LogP contribution in [0.3, 0.4) is 0 Å². The number of pyridine rings is 1. The third kappa shape index (κ3) is 4.23. The molecule has 1 aliphatic rings. The van der Waals surface area contributed by atoms with Crippen LogP contribution in [0.25, 0.3) is 5.65 Å². The Morgan fingerprint density at radius 1 is 1.17 bits per heavy atom. The second kappa shape index (κ2) is 8.59. The van der Waals surface area contributed by atoms with Crippen LogP contribution in [0.5, 0.6) is 5.75 Å². The number of benzene rings is 1. The molecule has 0 radical (unpaired) electrons. The minimum atomic E-state index is -0.176. The van der Waals surface area contributed by atoms with Crippen molar-refractivity contribution in [3.8, 4) is 5.75 Å². The summed E-state index contributed by atoms with van der Waals surface area (Å²) in [6.07, 6.45) is 2.84. The first-order valence-corrected chi connectivity index (χ1v) is 9.69. The number of amides is 1. The van der Waals surface area contributed by atoms with Gasteiger partial charge in [0.25, 0.3) is 5.91 Å². The maximum atomic E-state index is 12.7. The SMILES string of the molecule is COCCN1CCC(c2nnc3ccc(C(=O)Nc4ccc(OC)cc4)cn23)C1. The molecule has 1 atom stereocenters. The third-order valence-corrected chi connectivity index (χ3v) is 5.29. The quantitative estimate of drug-likeness (QED) is 0.662. The number of fused-ring (bicyclic) bond motifs is 1. The molecule has 0 bridgehead atoms. The van der Waals surface area contributed by atoms with Crippen LogP contribution in [-0.4, -0.2) is 65.9 Å². The lowest BCUT2D eigenvalue weighted by Crippen LogP contribution is -2.24. The number of likely N-dealkylation sites (tertiary alicyclic amines) is 1. The molecule has 0 saturated carbocycles. The average molecular weight is 395 g/mol. The molecule has 8 nitrogen and oxygen atoms in total. The summed E-state index contributed by atoms with van der Waals surface area (Å²) in [4.78, 5) is 15.1. The van der Waals surface area contributed by atoms with Gasteiger partial charge in [-0.25, -0.2) is 0 Å². The van der Waals surface area contributed by atoms with Crippen molar-refractivity contribution in [3.05, 3.63) is 54.0 Å². The van der Waals surface area contributed by atoms with Gasteiger partial charge in [-0.15, -0.1) is 10.2 Å². The van der Waals surface area contributed by atoms with E-state index in [4.69, 9.17) is 9.47 Å². The second-order valence-electron chi connectivity index (χ2n) is 7.17. The zero-order valence-corrected chi connectivity index (χ0v) is 16.7. The van der Waals surface area contributed by atoms with Gasteiger partial charge in [-0.2, -0.15) is 0 Å². The first-order valence-electron chi connectivity index (χ1n) is 9.69. The van der Waals surface area contributed by atoms with Crippen LogP contribution in [0.2, 0.25) is 0 Å². The fourth-order valence-electron chi connectivity index (χ4n) is 3.67. The Hall–Kier alpha value is -2.97. The number of carbonyl (C=O) groups excluding carboxylic acids is 1. The molecule has 1 saturated heterocycles. The van der Waals surface area contributed by atoms with Crippen molar-refractivity contribution in [3.63, 3.8) is 0 Å². The zero-order valence-electron chi connectivity index (χ0n) is 16.7. The maximum Gasteiger partial charge on any atom is 0.257 e. The van der Waals surface area contributed by atoms with Crippen LogP contribution in [0.4, 0.5) is 5.69 Å². The number of methoxy groups -OCH3 is 2. The Morgan fingerprint density at radius 2 is 2.00 bits per heavy atom. The lowest BCUT2D eigenvalue weighted by molar-refractivity contribution is 0.102. The predicted octanol–water partition coefficient (Wildman–Crippen LogP) is 2.43. The van der Waals surface area contributed by atoms with E-state index in [0.29, 0.717) is 17.2 Å². The van der Waals surface area contributed by atoms with E-state index in [2.05, 4.69) is 20.4 Å². The predicted molar refractivity (Wildman–Crippen MR) is 110 cm³/mol. The van der Waals surface area contributed by atoms with Crippen molar-refractivity contribution in [2.45, 2.75) is 12.3 Å². The molecule has 0 aliphatic carbocycles. The maximum absolute atomic E-state index is 12.7. The van der Waals surface area contributed by atoms with Gasteiger partial charge >= 0.3 is 0 Å². The molecule has 1 amide bonds. The van der Waals surface area contributed by atoms with Gasteiger partial charge in [0, 0.05) is 38.0 Å². The monoisotopic (exact) mass is 395 g/mol. The molecular weight excluding hydrogens is 370 g/mol. The van der Waals surface area contributed by atoms with E-state index in [0.717, 1.165) is 49.9 Å². The number of carbonyl (C=O) groups is 1. The van der Waals surface area contributed by atoms with E-state index < -0.39 is 0 Å². The minimum absolute atomic E-state index is 0.176. The van der Waals surface area contributed by atoms with Crippen LogP contribution < -0.4 is 10.1 Å². The molecule has 2 aromatic heterocycles. The molecule has 4 rings (SSSR count). The Balaban J connectivity index is 1.51. The lowest BCUT2D eigenvalue weighted by Gasteiger charge is -2.14. The minimum Gasteiger partial charge on any atom is -0.497 e. The molecule has 29 heavy (non-hydrogen) atoms. The summed E-state index contributed by atoms with van der Waals surface area (Å²) < 4.78 is 12.3. The summed E-state index contributed by atoms with van der Waals surface area (Å²) in [7, 11) is 3.33. The van der Waals surface area contributed by atoms with Gasteiger partial charge in [0.15, 0.2) is 5.65 Å². The number of ether oxygens (including phenoxy) is 2. The normalized spacial score (nSPS) is 17.0. The van der Waals surface area contributed by atoms with Crippen LogP contribution >= 0.6 is 0 Å². The standard InChI is InChI=1S/C21H25N5O3/c1-28-12-11-25-10-9-15(13-25)20-24-23-19-8-3-16(14-26(19)20)21(27)22-17-4-6-18(29-2)7-5-17/h3-8,14-15H,9-13H2,1-2H3,(H,22,27). The molecule has 152 valence electrons. The molecular formula is C21H25N5O3. The van der Waals surface area contributed by atoms with Crippen LogP contribution in [0.1, 0.15) is 28.5 Å². The van der Waals surface area contributed by atoms with Crippen molar-refractivity contribution >= 4 is 17.2 Å². The van der Waals surface area contributed by atoms with E-state index in [9.17, 15) is 4.79 Å². The number of aromatic nitrogens is 3. The summed E-state index contributed by atoms with van der Waals surface area (Å²) in [6, 6.07) is 10.8. The molecule has 1 unspecified atom stereocenters. The van der Waals surface area contributed by atoms with Gasteiger partial charge in [0.05, 0.1) is 19.3 Å². The van der Waals surface area contributed by atoms with Gasteiger partial charge in [-0.05, 0) is 49.4 Å². The van der Waals surface area contributed by atoms with E-state index in [-0.39, 0.29) is 5.91 Å². The Morgan fingerprint density at radius 3 is 2.76 bits per heavy atom. The summed E-state index contributed by atoms with van der Waals surface area (Å²) in [6.45, 7) is 3.58. The highest BCUT2D eigenvalue weighted by molar-refractivity contribution is 6.04. The summed E-state index contributed by atoms with van der Waals surface area (Å²) in [5.41, 5.74) is 2.02. The highest BCUT2D eigenvalue weighted by Crippen LogP contribution is 2.26. The van der Waals surface area contributed by atoms with Gasteiger partial charge in [0.2, 0.25) is 0 Å². The number of anilines is 1. The molecule has 0 spiro atoms. The van der Waals surface area contributed by atoms with Crippen molar-refractivity contribution in [2.24, 2.45) is 0 Å². The Labute approximate surface area is 169 Å². The van der Waals surface area contributed by atoms with E-state index in [1.807, 2.05) is 40.9 Å². The molecule has 1 N–H and O–H groups in total. The number of nitrogens with zero attached hydrogens (tertiary/aromatic N) is 4. The largest absolute Gasteiger partial charge is 0.497 e. The van der Waals surface area contributed by atoms with Crippen molar-refractivity contribution in [1.29, 1.82) is 0 Å². The molecule has 1 fully saturated rings. The Bertz CT molecular complexity index is 986. The summed E-state index contributed by atoms with van der Waals surface area (Å²) in [5.74, 6) is 1.76. The fraction of sp³-hybridized carbons (Fsp3) is 0.381. The average Bonchev–Trinajstić information content (AvgIpc) is 3.39. The summed E-state index contributed by atoms with van der Waals surface area (Å²) in [5, 5.41) is 11.6. The molecule has 1 aliphatic heterocycles. The Kier molecular flexibility index (Phi) is 5.73. The summed E-state index contributed by atoms with van der Waals surface area (Å²) >= 11 is 0. The molecule has 3 aromatic rings. The van der Waals surface area contributed by atoms with Crippen LogP contribution in [0.15, 0.2) is 42.6 Å². The molecule has 8 heteroatoms. The van der Waals surface area contributed by atoms with Crippen molar-refractivity contribution in [2.75, 3.05) is 45.8 Å². The molecule has 3 heterocycles. The second-order valence-corrected chi connectivity index (χ2v) is 7.17. The van der Waals surface area contributed by atoms with E-state index in [1.54, 1.807) is 20.3 Å². The smallest absolute Gasteiger partial charge is 0.257 e. The van der Waals surface area contributed by atoms with Gasteiger partial charge in [-0.3, -0.25) is 9.20 Å². The van der Waals surface area contributed by atoms with E-state index in [1.165, 1.54) is 0 Å². The van der Waals surface area contributed by atoms with Crippen molar-refractivity contribution in [1.82, 2.24) is 19.5 Å². The topological polar surface area (TPSA) is 81.0 Å². The number of nitrogens with one attached hydrogen (secondary N) is 1. The lowest BCUT2D eigenvalue weighted by atomic mass is 10.1. The molecule has 1 aromatic carbocycles. The van der Waals surface area contributed by atoms with Crippen molar-refractivity contribution < 1.29 is 14.3 Å². The highest BCUT2D eigenvalue weighted by Gasteiger charge is 2.27. The number of rotatable bonds is 7. The van der Waals surface area contributed by atoms with E-state index >= 15 is 0 Å². The zero-order chi connectivity index (χ0) is 20.2. The van der Waals surface area contributed by atoms with Gasteiger partial charge < -0.3 is 19.7 Å². The van der Waals surface area contributed by atoms with Gasteiger partial charge in [0.1, 0.15) is 11.6 Å². The fourth-order valence-corrected chi connectivity index (χ4v) is 3.67.